The number of hydrogen-bond donors (Lipinski definition) is 3. The summed E-state index contributed by atoms with van der Waals surface area (Å²) in [6.45, 7) is -0.330. The number of halogens is 1. The number of hydrogen-bond acceptors (Lipinski definition) is 4. The van der Waals surface area contributed by atoms with E-state index in [-0.39, 0.29) is 12.1 Å². The van der Waals surface area contributed by atoms with Gasteiger partial charge in [-0.15, -0.1) is 0 Å². The number of anilines is 1. The van der Waals surface area contributed by atoms with Gasteiger partial charge in [-0.2, -0.15) is 0 Å². The third-order valence-electron chi connectivity index (χ3n) is 3.19. The first-order valence-electron chi connectivity index (χ1n) is 7.16. The zero-order valence-electron chi connectivity index (χ0n) is 12.7. The highest BCUT2D eigenvalue weighted by atomic mass is 35.5. The van der Waals surface area contributed by atoms with Gasteiger partial charge >= 0.3 is 0 Å². The molecule has 0 aliphatic heterocycles. The van der Waals surface area contributed by atoms with Crippen LogP contribution in [0, 0.1) is 0 Å². The average Bonchev–Trinajstić information content (AvgIpc) is 2.60. The molecule has 0 aromatic heterocycles. The lowest BCUT2D eigenvalue weighted by molar-refractivity contribution is -0.124. The van der Waals surface area contributed by atoms with Gasteiger partial charge < -0.3 is 16.4 Å². The molecule has 2 aromatic rings. The number of ketones is 1. The summed E-state index contributed by atoms with van der Waals surface area (Å²) in [6, 6.07) is 13.3. The molecule has 0 unspecified atom stereocenters. The molecule has 0 bridgehead atoms. The number of Topliss-reactive ketones (excluding diaryl/α,β-unsaturated/α-hetero) is 1. The predicted molar refractivity (Wildman–Crippen MR) is 91.8 cm³/mol. The Hall–Kier alpha value is -2.70. The van der Waals surface area contributed by atoms with E-state index in [0.29, 0.717) is 10.7 Å². The highest BCUT2D eigenvalue weighted by Gasteiger charge is 2.29. The van der Waals surface area contributed by atoms with E-state index in [1.807, 2.05) is 0 Å². The Bertz CT molecular complexity index is 733. The van der Waals surface area contributed by atoms with Gasteiger partial charge in [0.05, 0.1) is 6.54 Å². The second-order valence-electron chi connectivity index (χ2n) is 4.93. The summed E-state index contributed by atoms with van der Waals surface area (Å²) in [6.07, 6.45) is 0. The first kappa shape index (κ1) is 17.7. The van der Waals surface area contributed by atoms with E-state index in [2.05, 4.69) is 10.6 Å². The smallest absolute Gasteiger partial charge is 0.255 e. The monoisotopic (exact) mass is 345 g/mol. The van der Waals surface area contributed by atoms with Crippen molar-refractivity contribution in [1.29, 1.82) is 0 Å². The van der Waals surface area contributed by atoms with Crippen molar-refractivity contribution in [3.05, 3.63) is 65.2 Å². The molecule has 0 saturated carbocycles. The van der Waals surface area contributed by atoms with E-state index >= 15 is 0 Å². The minimum Gasteiger partial charge on any atom is -0.337 e. The summed E-state index contributed by atoms with van der Waals surface area (Å²) in [5.41, 5.74) is 6.03. The number of nitrogens with one attached hydrogen (secondary N) is 2. The van der Waals surface area contributed by atoms with E-state index in [0.717, 1.165) is 0 Å². The normalized spacial score (nSPS) is 11.4. The molecule has 6 nitrogen and oxygen atoms in total. The molecule has 1 atom stereocenters. The second-order valence-corrected chi connectivity index (χ2v) is 5.37. The molecule has 0 spiro atoms. The van der Waals surface area contributed by atoms with Crippen LogP contribution in [0.15, 0.2) is 54.6 Å². The number of carbonyl (C=O) groups is 3. The van der Waals surface area contributed by atoms with Crippen LogP contribution in [0.2, 0.25) is 5.02 Å². The van der Waals surface area contributed by atoms with Crippen molar-refractivity contribution in [2.45, 2.75) is 6.04 Å². The Kier molecular flexibility index (Phi) is 6.06. The summed E-state index contributed by atoms with van der Waals surface area (Å²) in [4.78, 5) is 36.6. The van der Waals surface area contributed by atoms with Crippen molar-refractivity contribution >= 4 is 34.9 Å². The Balaban J connectivity index is 2.23. The molecule has 0 fully saturated rings. The van der Waals surface area contributed by atoms with Crippen LogP contribution in [0.5, 0.6) is 0 Å². The third kappa shape index (κ3) is 4.65. The van der Waals surface area contributed by atoms with E-state index < -0.39 is 23.6 Å². The molecule has 2 rings (SSSR count). The van der Waals surface area contributed by atoms with Gasteiger partial charge in [0, 0.05) is 16.3 Å². The van der Waals surface area contributed by atoms with Gasteiger partial charge in [0.25, 0.3) is 5.91 Å². The molecular weight excluding hydrogens is 330 g/mol. The topological polar surface area (TPSA) is 101 Å². The molecule has 24 heavy (non-hydrogen) atoms. The van der Waals surface area contributed by atoms with Crippen molar-refractivity contribution < 1.29 is 14.4 Å². The van der Waals surface area contributed by atoms with Crippen LogP contribution in [0.25, 0.3) is 0 Å². The summed E-state index contributed by atoms with van der Waals surface area (Å²) < 4.78 is 0. The van der Waals surface area contributed by atoms with Crippen LogP contribution in [-0.2, 0) is 9.59 Å². The molecule has 0 saturated heterocycles. The van der Waals surface area contributed by atoms with Gasteiger partial charge in [-0.1, -0.05) is 29.8 Å². The van der Waals surface area contributed by atoms with E-state index in [1.54, 1.807) is 30.3 Å². The number of benzene rings is 2. The molecule has 0 aliphatic carbocycles. The van der Waals surface area contributed by atoms with Crippen molar-refractivity contribution in [3.63, 3.8) is 0 Å². The molecule has 0 radical (unpaired) electrons. The lowest BCUT2D eigenvalue weighted by atomic mass is 10.0. The van der Waals surface area contributed by atoms with Crippen LogP contribution >= 0.6 is 11.6 Å². The highest BCUT2D eigenvalue weighted by Crippen LogP contribution is 2.13. The minimum atomic E-state index is -1.39. The lowest BCUT2D eigenvalue weighted by Gasteiger charge is -2.17. The SMILES string of the molecule is NCC(=O)N[C@H](C(=O)Nc1ccccc1)C(=O)c1ccc(Cl)cc1. The Morgan fingerprint density at radius 3 is 2.21 bits per heavy atom. The van der Waals surface area contributed by atoms with Gasteiger partial charge in [-0.05, 0) is 36.4 Å². The zero-order valence-corrected chi connectivity index (χ0v) is 13.4. The fourth-order valence-electron chi connectivity index (χ4n) is 1.99. The predicted octanol–water partition coefficient (Wildman–Crippen LogP) is 1.60. The van der Waals surface area contributed by atoms with Gasteiger partial charge in [0.1, 0.15) is 0 Å². The molecule has 0 aliphatic rings. The fourth-order valence-corrected chi connectivity index (χ4v) is 2.11. The summed E-state index contributed by atoms with van der Waals surface area (Å²) in [5.74, 6) is -1.81. The molecule has 124 valence electrons. The Morgan fingerprint density at radius 1 is 1.00 bits per heavy atom. The summed E-state index contributed by atoms with van der Waals surface area (Å²) in [7, 11) is 0. The van der Waals surface area contributed by atoms with Crippen LogP contribution in [0.1, 0.15) is 10.4 Å². The highest BCUT2D eigenvalue weighted by molar-refractivity contribution is 6.30. The quantitative estimate of drug-likeness (QED) is 0.546. The van der Waals surface area contributed by atoms with E-state index in [1.165, 1.54) is 24.3 Å². The maximum Gasteiger partial charge on any atom is 0.255 e. The zero-order chi connectivity index (χ0) is 17.5. The molecule has 2 aromatic carbocycles. The van der Waals surface area contributed by atoms with Gasteiger partial charge in [-0.3, -0.25) is 14.4 Å². The third-order valence-corrected chi connectivity index (χ3v) is 3.44. The molecular formula is C17H16ClN3O3. The minimum absolute atomic E-state index is 0.255. The molecule has 7 heteroatoms. The van der Waals surface area contributed by atoms with E-state index in [4.69, 9.17) is 17.3 Å². The van der Waals surface area contributed by atoms with Crippen molar-refractivity contribution in [2.75, 3.05) is 11.9 Å². The largest absolute Gasteiger partial charge is 0.337 e. The molecule has 4 N–H and O–H groups in total. The van der Waals surface area contributed by atoms with Gasteiger partial charge in [-0.25, -0.2) is 0 Å². The summed E-state index contributed by atoms with van der Waals surface area (Å²) in [5, 5.41) is 5.39. The maximum atomic E-state index is 12.6. The number of rotatable bonds is 6. The fraction of sp³-hybridized carbons (Fsp3) is 0.118. The van der Waals surface area contributed by atoms with Crippen LogP contribution in [0.3, 0.4) is 0 Å². The van der Waals surface area contributed by atoms with Crippen molar-refractivity contribution in [3.8, 4) is 0 Å². The Morgan fingerprint density at radius 2 is 1.62 bits per heavy atom. The molecule has 0 heterocycles. The average molecular weight is 346 g/mol. The number of para-hydroxylation sites is 1. The van der Waals surface area contributed by atoms with Crippen LogP contribution in [-0.4, -0.2) is 30.2 Å². The van der Waals surface area contributed by atoms with E-state index in [9.17, 15) is 14.4 Å². The first-order valence-corrected chi connectivity index (χ1v) is 7.54. The van der Waals surface area contributed by atoms with Crippen molar-refractivity contribution in [2.24, 2.45) is 5.73 Å². The first-order chi connectivity index (χ1) is 11.5. The number of carbonyl (C=O) groups excluding carboxylic acids is 3. The van der Waals surface area contributed by atoms with Gasteiger partial charge in [0.2, 0.25) is 5.91 Å². The summed E-state index contributed by atoms with van der Waals surface area (Å²) >= 11 is 5.80. The Labute approximate surface area is 144 Å². The number of amides is 2. The maximum absolute atomic E-state index is 12.6. The molecule has 2 amide bonds. The standard InChI is InChI=1S/C17H16ClN3O3/c18-12-8-6-11(7-9-12)16(23)15(21-14(22)10-19)17(24)20-13-4-2-1-3-5-13/h1-9,15H,10,19H2,(H,20,24)(H,21,22)/t15-/m0/s1. The number of nitrogens with two attached hydrogens (primary N) is 1. The van der Waals surface area contributed by atoms with Crippen LogP contribution in [0.4, 0.5) is 5.69 Å². The lowest BCUT2D eigenvalue weighted by Crippen LogP contribution is -2.50. The second kappa shape index (κ2) is 8.24. The van der Waals surface area contributed by atoms with Gasteiger partial charge in [0.15, 0.2) is 11.8 Å². The van der Waals surface area contributed by atoms with Crippen molar-refractivity contribution in [1.82, 2.24) is 5.32 Å². The van der Waals surface area contributed by atoms with Crippen LogP contribution < -0.4 is 16.4 Å².